The van der Waals surface area contributed by atoms with Crippen molar-refractivity contribution in [3.05, 3.63) is 38.0 Å². The van der Waals surface area contributed by atoms with Crippen LogP contribution in [0, 0.1) is 0 Å². The van der Waals surface area contributed by atoms with Gasteiger partial charge in [0.25, 0.3) is 0 Å². The maximum atomic E-state index is 11.4. The minimum absolute atomic E-state index is 0.0265. The van der Waals surface area contributed by atoms with Crippen molar-refractivity contribution in [1.82, 2.24) is 0 Å². The third kappa shape index (κ3) is 5.14. The highest BCUT2D eigenvalue weighted by Gasteiger charge is 2.40. The van der Waals surface area contributed by atoms with Crippen LogP contribution in [0.25, 0.3) is 0 Å². The standard InChI is InChI=1S/C14H18O7/c1-4-11(15)19-9-7-18-8-10(20-12(16)5-2)14(9)21-13(17)6-3/h4-6,9-11,14-15H,1-3,7-8H2/t9-,10-,11?,14+/m1/s1. The molecule has 0 spiro atoms. The molecule has 0 aromatic heterocycles. The minimum Gasteiger partial charge on any atom is -0.453 e. The van der Waals surface area contributed by atoms with Crippen molar-refractivity contribution in [3.8, 4) is 0 Å². The van der Waals surface area contributed by atoms with Crippen LogP contribution in [0.15, 0.2) is 38.0 Å². The van der Waals surface area contributed by atoms with Crippen LogP contribution in [0.1, 0.15) is 0 Å². The molecule has 1 heterocycles. The number of esters is 2. The average molecular weight is 298 g/mol. The quantitative estimate of drug-likeness (QED) is 0.308. The molecule has 1 unspecified atom stereocenters. The van der Waals surface area contributed by atoms with Gasteiger partial charge in [0.15, 0.2) is 18.5 Å². The molecule has 1 saturated heterocycles. The summed E-state index contributed by atoms with van der Waals surface area (Å²) in [6.07, 6.45) is -0.794. The first kappa shape index (κ1) is 17.1. The lowest BCUT2D eigenvalue weighted by atomic mass is 10.1. The Kier molecular flexibility index (Phi) is 6.80. The fraction of sp³-hybridized carbons (Fsp3) is 0.429. The number of carbonyl (C=O) groups is 2. The van der Waals surface area contributed by atoms with Crippen LogP contribution in [0.5, 0.6) is 0 Å². The summed E-state index contributed by atoms with van der Waals surface area (Å²) < 4.78 is 20.7. The molecule has 21 heavy (non-hydrogen) atoms. The molecular weight excluding hydrogens is 280 g/mol. The molecule has 7 heteroatoms. The average Bonchev–Trinajstić information content (AvgIpc) is 2.49. The van der Waals surface area contributed by atoms with Crippen molar-refractivity contribution in [2.24, 2.45) is 0 Å². The van der Waals surface area contributed by atoms with Gasteiger partial charge in [-0.2, -0.15) is 0 Å². The molecule has 1 aliphatic rings. The van der Waals surface area contributed by atoms with Crippen LogP contribution in [-0.4, -0.2) is 54.9 Å². The van der Waals surface area contributed by atoms with E-state index in [4.69, 9.17) is 18.9 Å². The van der Waals surface area contributed by atoms with E-state index in [2.05, 4.69) is 19.7 Å². The van der Waals surface area contributed by atoms with E-state index in [1.165, 1.54) is 0 Å². The smallest absolute Gasteiger partial charge is 0.330 e. The zero-order valence-electron chi connectivity index (χ0n) is 11.5. The van der Waals surface area contributed by atoms with Crippen molar-refractivity contribution in [3.63, 3.8) is 0 Å². The third-order valence-electron chi connectivity index (χ3n) is 2.67. The number of rotatable bonds is 7. The van der Waals surface area contributed by atoms with Crippen molar-refractivity contribution < 1.29 is 33.6 Å². The van der Waals surface area contributed by atoms with Crippen molar-refractivity contribution in [2.75, 3.05) is 13.2 Å². The summed E-state index contributed by atoms with van der Waals surface area (Å²) in [7, 11) is 0. The zero-order chi connectivity index (χ0) is 15.8. The lowest BCUT2D eigenvalue weighted by Crippen LogP contribution is -2.53. The molecule has 4 atom stereocenters. The van der Waals surface area contributed by atoms with E-state index in [1.807, 2.05) is 0 Å². The van der Waals surface area contributed by atoms with Gasteiger partial charge >= 0.3 is 11.9 Å². The highest BCUT2D eigenvalue weighted by Crippen LogP contribution is 2.20. The number of aliphatic hydroxyl groups is 1. The molecule has 1 fully saturated rings. The first-order chi connectivity index (χ1) is 10.0. The fourth-order valence-corrected chi connectivity index (χ4v) is 1.71. The third-order valence-corrected chi connectivity index (χ3v) is 2.67. The summed E-state index contributed by atoms with van der Waals surface area (Å²) >= 11 is 0. The number of carbonyl (C=O) groups excluding carboxylic acids is 2. The summed E-state index contributed by atoms with van der Waals surface area (Å²) in [5, 5.41) is 9.45. The second kappa shape index (κ2) is 8.35. The molecule has 0 radical (unpaired) electrons. The van der Waals surface area contributed by atoms with E-state index < -0.39 is 36.5 Å². The lowest BCUT2D eigenvalue weighted by Gasteiger charge is -2.36. The highest BCUT2D eigenvalue weighted by molar-refractivity contribution is 5.82. The monoisotopic (exact) mass is 298 g/mol. The van der Waals surface area contributed by atoms with Gasteiger partial charge in [0.2, 0.25) is 0 Å². The van der Waals surface area contributed by atoms with Gasteiger partial charge in [0, 0.05) is 12.2 Å². The fourth-order valence-electron chi connectivity index (χ4n) is 1.71. The van der Waals surface area contributed by atoms with Gasteiger partial charge in [-0.3, -0.25) is 0 Å². The molecule has 116 valence electrons. The number of aliphatic hydroxyl groups excluding tert-OH is 1. The molecule has 0 aromatic carbocycles. The maximum absolute atomic E-state index is 11.4. The van der Waals surface area contributed by atoms with Crippen LogP contribution in [-0.2, 0) is 28.5 Å². The second-order valence-corrected chi connectivity index (χ2v) is 4.12. The summed E-state index contributed by atoms with van der Waals surface area (Å²) in [5.41, 5.74) is 0. The Bertz CT molecular complexity index is 418. The van der Waals surface area contributed by atoms with E-state index in [-0.39, 0.29) is 13.2 Å². The summed E-state index contributed by atoms with van der Waals surface area (Å²) in [4.78, 5) is 22.7. The molecule has 0 amide bonds. The van der Waals surface area contributed by atoms with E-state index in [0.717, 1.165) is 18.2 Å². The topological polar surface area (TPSA) is 91.3 Å². The van der Waals surface area contributed by atoms with Crippen LogP contribution < -0.4 is 0 Å². The Labute approximate surface area is 122 Å². The minimum atomic E-state index is -1.27. The Morgan fingerprint density at radius 2 is 1.67 bits per heavy atom. The molecule has 0 bridgehead atoms. The van der Waals surface area contributed by atoms with Gasteiger partial charge in [-0.25, -0.2) is 9.59 Å². The molecule has 1 rings (SSSR count). The molecule has 1 aliphatic heterocycles. The Morgan fingerprint density at radius 3 is 2.24 bits per heavy atom. The predicted molar refractivity (Wildman–Crippen MR) is 72.0 cm³/mol. The van der Waals surface area contributed by atoms with Gasteiger partial charge in [0.05, 0.1) is 13.2 Å². The van der Waals surface area contributed by atoms with Crippen molar-refractivity contribution in [1.29, 1.82) is 0 Å². The molecule has 0 saturated carbocycles. The maximum Gasteiger partial charge on any atom is 0.330 e. The summed E-state index contributed by atoms with van der Waals surface area (Å²) in [6.45, 7) is 10.0. The van der Waals surface area contributed by atoms with Gasteiger partial charge in [0.1, 0.15) is 6.10 Å². The normalized spacial score (nSPS) is 26.2. The highest BCUT2D eigenvalue weighted by atomic mass is 16.7. The van der Waals surface area contributed by atoms with Gasteiger partial charge < -0.3 is 24.1 Å². The van der Waals surface area contributed by atoms with Crippen LogP contribution >= 0.6 is 0 Å². The van der Waals surface area contributed by atoms with E-state index in [1.54, 1.807) is 0 Å². The predicted octanol–water partition coefficient (Wildman–Crippen LogP) is 0.102. The summed E-state index contributed by atoms with van der Waals surface area (Å²) in [6, 6.07) is 0. The van der Waals surface area contributed by atoms with E-state index >= 15 is 0 Å². The lowest BCUT2D eigenvalue weighted by molar-refractivity contribution is -0.227. The Morgan fingerprint density at radius 1 is 1.10 bits per heavy atom. The summed E-state index contributed by atoms with van der Waals surface area (Å²) in [5.74, 6) is -1.39. The van der Waals surface area contributed by atoms with Gasteiger partial charge in [-0.05, 0) is 6.08 Å². The van der Waals surface area contributed by atoms with E-state index in [9.17, 15) is 14.7 Å². The van der Waals surface area contributed by atoms with Gasteiger partial charge in [-0.1, -0.05) is 19.7 Å². The Hall–Kier alpha value is -1.96. The SMILES string of the molecule is C=CC(=O)O[C@@H]1[C@H](OC(=O)C=C)COC[C@H]1OC(O)C=C. The number of hydrogen-bond donors (Lipinski definition) is 1. The van der Waals surface area contributed by atoms with E-state index in [0.29, 0.717) is 0 Å². The molecular formula is C14H18O7. The van der Waals surface area contributed by atoms with Crippen molar-refractivity contribution >= 4 is 11.9 Å². The van der Waals surface area contributed by atoms with Crippen LogP contribution in [0.4, 0.5) is 0 Å². The molecule has 0 aliphatic carbocycles. The number of ether oxygens (including phenoxy) is 4. The molecule has 7 nitrogen and oxygen atoms in total. The second-order valence-electron chi connectivity index (χ2n) is 4.12. The largest absolute Gasteiger partial charge is 0.453 e. The first-order valence-corrected chi connectivity index (χ1v) is 6.21. The van der Waals surface area contributed by atoms with Crippen molar-refractivity contribution in [2.45, 2.75) is 24.6 Å². The van der Waals surface area contributed by atoms with Gasteiger partial charge in [-0.15, -0.1) is 0 Å². The van der Waals surface area contributed by atoms with Crippen LogP contribution in [0.3, 0.4) is 0 Å². The zero-order valence-corrected chi connectivity index (χ0v) is 11.5. The molecule has 1 N–H and O–H groups in total. The first-order valence-electron chi connectivity index (χ1n) is 6.21. The number of hydrogen-bond acceptors (Lipinski definition) is 7. The molecule has 0 aromatic rings. The van der Waals surface area contributed by atoms with Crippen LogP contribution in [0.2, 0.25) is 0 Å². The Balaban J connectivity index is 2.85.